The van der Waals surface area contributed by atoms with Gasteiger partial charge < -0.3 is 10.6 Å². The minimum absolute atomic E-state index is 0.149. The van der Waals surface area contributed by atoms with E-state index in [4.69, 9.17) is 5.73 Å². The molecule has 0 aromatic heterocycles. The zero-order valence-corrected chi connectivity index (χ0v) is 12.5. The van der Waals surface area contributed by atoms with E-state index in [1.54, 1.807) is 0 Å². The highest BCUT2D eigenvalue weighted by Crippen LogP contribution is 2.28. The maximum Gasteiger partial charge on any atom is 0.0415 e. The molecule has 1 aliphatic rings. The molecule has 0 radical (unpaired) electrons. The summed E-state index contributed by atoms with van der Waals surface area (Å²) in [6.07, 6.45) is 2.19. The first-order chi connectivity index (χ1) is 9.17. The summed E-state index contributed by atoms with van der Waals surface area (Å²) in [5.74, 6) is 0. The van der Waals surface area contributed by atoms with E-state index in [9.17, 15) is 0 Å². The van der Waals surface area contributed by atoms with Crippen LogP contribution in [0.4, 0.5) is 5.69 Å². The molecule has 0 spiro atoms. The average Bonchev–Trinajstić information content (AvgIpc) is 2.47. The Bertz CT molecular complexity index is 405. The van der Waals surface area contributed by atoms with Gasteiger partial charge in [0, 0.05) is 37.4 Å². The maximum absolute atomic E-state index is 6.26. The highest BCUT2D eigenvalue weighted by atomic mass is 15.3. The van der Waals surface area contributed by atoms with E-state index < -0.39 is 0 Å². The number of benzene rings is 1. The summed E-state index contributed by atoms with van der Waals surface area (Å²) in [5, 5.41) is 0. The van der Waals surface area contributed by atoms with Gasteiger partial charge in [0.05, 0.1) is 0 Å². The SMILES string of the molecule is CCC1CN(c2ccccc2[C@H](N)CC)CCN1C. The van der Waals surface area contributed by atoms with Gasteiger partial charge in [-0.1, -0.05) is 32.0 Å². The monoisotopic (exact) mass is 261 g/mol. The molecule has 19 heavy (non-hydrogen) atoms. The minimum atomic E-state index is 0.149. The molecule has 1 aliphatic heterocycles. The van der Waals surface area contributed by atoms with Gasteiger partial charge in [0.2, 0.25) is 0 Å². The Morgan fingerprint density at radius 2 is 2.00 bits per heavy atom. The van der Waals surface area contributed by atoms with Crippen LogP contribution in [0.3, 0.4) is 0 Å². The van der Waals surface area contributed by atoms with Gasteiger partial charge in [-0.15, -0.1) is 0 Å². The summed E-state index contributed by atoms with van der Waals surface area (Å²) in [7, 11) is 2.23. The van der Waals surface area contributed by atoms with Crippen molar-refractivity contribution in [2.24, 2.45) is 5.73 Å². The lowest BCUT2D eigenvalue weighted by Gasteiger charge is -2.41. The Kier molecular flexibility index (Phi) is 4.83. The summed E-state index contributed by atoms with van der Waals surface area (Å²) in [4.78, 5) is 4.98. The second-order valence-electron chi connectivity index (χ2n) is 5.56. The van der Waals surface area contributed by atoms with Gasteiger partial charge in [0.1, 0.15) is 0 Å². The summed E-state index contributed by atoms with van der Waals surface area (Å²) in [6, 6.07) is 9.43. The lowest BCUT2D eigenvalue weighted by molar-refractivity contribution is 0.213. The Balaban J connectivity index is 2.22. The fourth-order valence-corrected chi connectivity index (χ4v) is 2.91. The second kappa shape index (κ2) is 6.40. The predicted octanol–water partition coefficient (Wildman–Crippen LogP) is 2.63. The van der Waals surface area contributed by atoms with Crippen molar-refractivity contribution in [3.05, 3.63) is 29.8 Å². The van der Waals surface area contributed by atoms with E-state index in [0.717, 1.165) is 26.1 Å². The van der Waals surface area contributed by atoms with Gasteiger partial charge in [-0.25, -0.2) is 0 Å². The van der Waals surface area contributed by atoms with Crippen LogP contribution in [0.2, 0.25) is 0 Å². The topological polar surface area (TPSA) is 32.5 Å². The smallest absolute Gasteiger partial charge is 0.0415 e. The zero-order chi connectivity index (χ0) is 13.8. The Morgan fingerprint density at radius 1 is 1.26 bits per heavy atom. The summed E-state index contributed by atoms with van der Waals surface area (Å²) >= 11 is 0. The van der Waals surface area contributed by atoms with Crippen molar-refractivity contribution in [1.82, 2.24) is 4.90 Å². The second-order valence-corrected chi connectivity index (χ2v) is 5.56. The number of nitrogens with zero attached hydrogens (tertiary/aromatic N) is 2. The number of anilines is 1. The third-order valence-electron chi connectivity index (χ3n) is 4.37. The first-order valence-electron chi connectivity index (χ1n) is 7.47. The van der Waals surface area contributed by atoms with E-state index in [2.05, 4.69) is 55.0 Å². The standard InChI is InChI=1S/C16H27N3/c1-4-13-12-19(11-10-18(13)3)16-9-7-6-8-14(16)15(17)5-2/h6-9,13,15H,4-5,10-12,17H2,1-3H3/t13?,15-/m1/s1. The fourth-order valence-electron chi connectivity index (χ4n) is 2.91. The average molecular weight is 261 g/mol. The third kappa shape index (κ3) is 3.10. The largest absolute Gasteiger partial charge is 0.368 e. The molecule has 2 N–H and O–H groups in total. The number of hydrogen-bond acceptors (Lipinski definition) is 3. The van der Waals surface area contributed by atoms with Crippen LogP contribution in [0.5, 0.6) is 0 Å². The molecule has 0 aliphatic carbocycles. The summed E-state index contributed by atoms with van der Waals surface area (Å²) < 4.78 is 0. The van der Waals surface area contributed by atoms with E-state index in [1.165, 1.54) is 17.7 Å². The highest BCUT2D eigenvalue weighted by molar-refractivity contribution is 5.55. The van der Waals surface area contributed by atoms with E-state index in [1.807, 2.05) is 0 Å². The molecule has 1 fully saturated rings. The van der Waals surface area contributed by atoms with Gasteiger partial charge >= 0.3 is 0 Å². The van der Waals surface area contributed by atoms with Crippen LogP contribution >= 0.6 is 0 Å². The first-order valence-corrected chi connectivity index (χ1v) is 7.47. The molecule has 3 heteroatoms. The molecule has 0 amide bonds. The summed E-state index contributed by atoms with van der Waals surface area (Å²) in [6.45, 7) is 7.77. The first kappa shape index (κ1) is 14.4. The number of nitrogens with two attached hydrogens (primary N) is 1. The van der Waals surface area contributed by atoms with Crippen molar-refractivity contribution in [2.45, 2.75) is 38.8 Å². The number of likely N-dealkylation sites (N-methyl/N-ethyl adjacent to an activating group) is 1. The van der Waals surface area contributed by atoms with Crippen LogP contribution in [0.25, 0.3) is 0 Å². The Hall–Kier alpha value is -1.06. The van der Waals surface area contributed by atoms with Crippen LogP contribution in [-0.2, 0) is 0 Å². The molecule has 106 valence electrons. The van der Waals surface area contributed by atoms with Crippen LogP contribution in [0, 0.1) is 0 Å². The number of piperazine rings is 1. The van der Waals surface area contributed by atoms with Crippen molar-refractivity contribution >= 4 is 5.69 Å². The Labute approximate surface area is 117 Å². The normalized spacial score (nSPS) is 22.5. The number of rotatable bonds is 4. The van der Waals surface area contributed by atoms with Crippen LogP contribution in [0.15, 0.2) is 24.3 Å². The third-order valence-corrected chi connectivity index (χ3v) is 4.37. The van der Waals surface area contributed by atoms with Gasteiger partial charge in [0.15, 0.2) is 0 Å². The molecule has 1 saturated heterocycles. The molecule has 1 heterocycles. The van der Waals surface area contributed by atoms with Gasteiger partial charge in [-0.05, 0) is 31.5 Å². The molecule has 3 nitrogen and oxygen atoms in total. The quantitative estimate of drug-likeness (QED) is 0.904. The molecule has 1 aromatic carbocycles. The van der Waals surface area contributed by atoms with Crippen molar-refractivity contribution in [3.8, 4) is 0 Å². The van der Waals surface area contributed by atoms with Crippen molar-refractivity contribution in [1.29, 1.82) is 0 Å². The predicted molar refractivity (Wildman–Crippen MR) is 82.6 cm³/mol. The lowest BCUT2D eigenvalue weighted by atomic mass is 10.0. The van der Waals surface area contributed by atoms with Gasteiger partial charge in [-0.3, -0.25) is 4.90 Å². The van der Waals surface area contributed by atoms with Crippen molar-refractivity contribution in [3.63, 3.8) is 0 Å². The van der Waals surface area contributed by atoms with Crippen LogP contribution in [0.1, 0.15) is 38.3 Å². The maximum atomic E-state index is 6.26. The van der Waals surface area contributed by atoms with Crippen molar-refractivity contribution < 1.29 is 0 Å². The van der Waals surface area contributed by atoms with Crippen molar-refractivity contribution in [2.75, 3.05) is 31.6 Å². The molecule has 1 unspecified atom stereocenters. The Morgan fingerprint density at radius 3 is 2.68 bits per heavy atom. The minimum Gasteiger partial charge on any atom is -0.368 e. The molecule has 0 bridgehead atoms. The molecule has 1 aromatic rings. The summed E-state index contributed by atoms with van der Waals surface area (Å²) in [5.41, 5.74) is 8.89. The van der Waals surface area contributed by atoms with E-state index in [-0.39, 0.29) is 6.04 Å². The van der Waals surface area contributed by atoms with Gasteiger partial charge in [-0.2, -0.15) is 0 Å². The van der Waals surface area contributed by atoms with Gasteiger partial charge in [0.25, 0.3) is 0 Å². The van der Waals surface area contributed by atoms with E-state index in [0.29, 0.717) is 6.04 Å². The number of para-hydroxylation sites is 1. The molecular formula is C16H27N3. The molecule has 0 saturated carbocycles. The van der Waals surface area contributed by atoms with Crippen LogP contribution < -0.4 is 10.6 Å². The molecule has 2 atom stereocenters. The zero-order valence-electron chi connectivity index (χ0n) is 12.5. The lowest BCUT2D eigenvalue weighted by Crippen LogP contribution is -2.51. The fraction of sp³-hybridized carbons (Fsp3) is 0.625. The highest BCUT2D eigenvalue weighted by Gasteiger charge is 2.24. The number of hydrogen-bond donors (Lipinski definition) is 1. The van der Waals surface area contributed by atoms with E-state index >= 15 is 0 Å². The molecule has 2 rings (SSSR count). The van der Waals surface area contributed by atoms with Crippen LogP contribution in [-0.4, -0.2) is 37.6 Å². The molecular weight excluding hydrogens is 234 g/mol.